The van der Waals surface area contributed by atoms with Gasteiger partial charge in [0.15, 0.2) is 6.23 Å². The third-order valence-corrected chi connectivity index (χ3v) is 1.81. The van der Waals surface area contributed by atoms with Crippen molar-refractivity contribution in [2.24, 2.45) is 5.11 Å². The van der Waals surface area contributed by atoms with Crippen molar-refractivity contribution in [3.05, 3.63) is 40.3 Å². The van der Waals surface area contributed by atoms with Crippen LogP contribution >= 0.6 is 0 Å². The summed E-state index contributed by atoms with van der Waals surface area (Å²) in [5, 5.41) is 12.0. The van der Waals surface area contributed by atoms with Crippen molar-refractivity contribution < 1.29 is 9.47 Å². The molecular weight excluding hydrogens is 208 g/mol. The molecule has 0 aliphatic heterocycles. The maximum atomic E-state index is 8.67. The fourth-order valence-electron chi connectivity index (χ4n) is 1.03. The molecule has 0 aromatic heterocycles. The second-order valence-electron chi connectivity index (χ2n) is 2.85. The first kappa shape index (κ1) is 11.9. The molecule has 1 aromatic rings. The first-order valence-electron chi connectivity index (χ1n) is 4.50. The van der Waals surface area contributed by atoms with E-state index in [4.69, 9.17) is 20.3 Å². The molecule has 1 unspecified atom stereocenters. The SMILES string of the molecule is COC(COc1cccc(C#N)c1)N=[N+]=[N-]. The zero-order valence-corrected chi connectivity index (χ0v) is 8.70. The van der Waals surface area contributed by atoms with Gasteiger partial charge in [-0.15, -0.1) is 0 Å². The van der Waals surface area contributed by atoms with Gasteiger partial charge in [-0.25, -0.2) is 0 Å². The lowest BCUT2D eigenvalue weighted by Gasteiger charge is -2.10. The van der Waals surface area contributed by atoms with Gasteiger partial charge in [0.25, 0.3) is 0 Å². The molecule has 6 nitrogen and oxygen atoms in total. The van der Waals surface area contributed by atoms with Crippen LogP contribution in [0.4, 0.5) is 0 Å². The predicted molar refractivity (Wildman–Crippen MR) is 56.6 cm³/mol. The minimum Gasteiger partial charge on any atom is -0.491 e. The summed E-state index contributed by atoms with van der Waals surface area (Å²) in [4.78, 5) is 2.62. The van der Waals surface area contributed by atoms with Crippen LogP contribution in [0.5, 0.6) is 5.75 Å². The summed E-state index contributed by atoms with van der Waals surface area (Å²) in [5.41, 5.74) is 8.74. The van der Waals surface area contributed by atoms with E-state index in [1.54, 1.807) is 24.3 Å². The molecular formula is C10H10N4O2. The van der Waals surface area contributed by atoms with Gasteiger partial charge in [-0.1, -0.05) is 11.2 Å². The standard InChI is InChI=1S/C10H10N4O2/c1-15-10(13-14-12)7-16-9-4-2-3-8(5-9)6-11/h2-5,10H,7H2,1H3. The fourth-order valence-corrected chi connectivity index (χ4v) is 1.03. The van der Waals surface area contributed by atoms with Crippen LogP contribution < -0.4 is 4.74 Å². The van der Waals surface area contributed by atoms with Gasteiger partial charge in [0.1, 0.15) is 12.4 Å². The molecule has 0 aliphatic rings. The zero-order chi connectivity index (χ0) is 11.8. The van der Waals surface area contributed by atoms with Crippen LogP contribution in [0.25, 0.3) is 10.4 Å². The van der Waals surface area contributed by atoms with E-state index < -0.39 is 6.23 Å². The van der Waals surface area contributed by atoms with Crippen molar-refractivity contribution in [1.82, 2.24) is 0 Å². The number of nitriles is 1. The highest BCUT2D eigenvalue weighted by atomic mass is 16.5. The summed E-state index contributed by atoms with van der Waals surface area (Å²) in [5.74, 6) is 0.536. The second-order valence-corrected chi connectivity index (χ2v) is 2.85. The van der Waals surface area contributed by atoms with Crippen LogP contribution in [0.3, 0.4) is 0 Å². The normalized spacial score (nSPS) is 11.0. The average molecular weight is 218 g/mol. The van der Waals surface area contributed by atoms with Crippen LogP contribution in [0.2, 0.25) is 0 Å². The summed E-state index contributed by atoms with van der Waals surface area (Å²) >= 11 is 0. The maximum absolute atomic E-state index is 8.67. The molecule has 1 atom stereocenters. The highest BCUT2D eigenvalue weighted by Gasteiger charge is 2.05. The number of benzene rings is 1. The van der Waals surface area contributed by atoms with E-state index in [1.807, 2.05) is 6.07 Å². The van der Waals surface area contributed by atoms with Gasteiger partial charge in [-0.05, 0) is 23.7 Å². The Labute approximate surface area is 92.6 Å². The van der Waals surface area contributed by atoms with E-state index >= 15 is 0 Å². The molecule has 0 heterocycles. The minimum atomic E-state index is -0.671. The lowest BCUT2D eigenvalue weighted by Crippen LogP contribution is -2.17. The zero-order valence-electron chi connectivity index (χ0n) is 8.70. The molecule has 82 valence electrons. The van der Waals surface area contributed by atoms with Crippen LogP contribution in [0.15, 0.2) is 29.4 Å². The van der Waals surface area contributed by atoms with Gasteiger partial charge in [0, 0.05) is 12.0 Å². The van der Waals surface area contributed by atoms with Crippen LogP contribution in [-0.4, -0.2) is 19.9 Å². The molecule has 0 spiro atoms. The van der Waals surface area contributed by atoms with Crippen molar-refractivity contribution in [2.75, 3.05) is 13.7 Å². The number of methoxy groups -OCH3 is 1. The minimum absolute atomic E-state index is 0.107. The number of rotatable bonds is 5. The molecule has 0 saturated heterocycles. The Kier molecular flexibility index (Phi) is 4.67. The maximum Gasteiger partial charge on any atom is 0.169 e. The lowest BCUT2D eigenvalue weighted by atomic mass is 10.2. The number of ether oxygens (including phenoxy) is 2. The number of azide groups is 1. The molecule has 0 fully saturated rings. The van der Waals surface area contributed by atoms with E-state index in [0.29, 0.717) is 11.3 Å². The molecule has 1 aromatic carbocycles. The summed E-state index contributed by atoms with van der Waals surface area (Å²) in [6, 6.07) is 8.70. The van der Waals surface area contributed by atoms with E-state index in [9.17, 15) is 0 Å². The van der Waals surface area contributed by atoms with Crippen molar-refractivity contribution >= 4 is 0 Å². The number of hydrogen-bond acceptors (Lipinski definition) is 4. The topological polar surface area (TPSA) is 91.0 Å². The molecule has 0 bridgehead atoms. The Bertz CT molecular complexity index is 435. The third-order valence-electron chi connectivity index (χ3n) is 1.81. The van der Waals surface area contributed by atoms with Crippen LogP contribution in [-0.2, 0) is 4.74 Å². The highest BCUT2D eigenvalue weighted by Crippen LogP contribution is 2.13. The number of nitrogens with zero attached hydrogens (tertiary/aromatic N) is 4. The average Bonchev–Trinajstić information content (AvgIpc) is 2.34. The summed E-state index contributed by atoms with van der Waals surface area (Å²) in [6.45, 7) is 0.107. The number of hydrogen-bond donors (Lipinski definition) is 0. The van der Waals surface area contributed by atoms with E-state index in [2.05, 4.69) is 10.0 Å². The quantitative estimate of drug-likeness (QED) is 0.431. The Hall–Kier alpha value is -2.22. The summed E-state index contributed by atoms with van der Waals surface area (Å²) in [6.07, 6.45) is -0.671. The second kappa shape index (κ2) is 6.30. The van der Waals surface area contributed by atoms with Crippen molar-refractivity contribution in [1.29, 1.82) is 5.26 Å². The lowest BCUT2D eigenvalue weighted by molar-refractivity contribution is 0.0632. The van der Waals surface area contributed by atoms with E-state index in [0.717, 1.165) is 0 Å². The van der Waals surface area contributed by atoms with E-state index in [-0.39, 0.29) is 6.61 Å². The fraction of sp³-hybridized carbons (Fsp3) is 0.300. The Balaban J connectivity index is 2.60. The van der Waals surface area contributed by atoms with Crippen molar-refractivity contribution in [3.8, 4) is 11.8 Å². The third kappa shape index (κ3) is 3.50. The molecule has 0 N–H and O–H groups in total. The Morgan fingerprint density at radius 2 is 2.44 bits per heavy atom. The first-order valence-corrected chi connectivity index (χ1v) is 4.50. The van der Waals surface area contributed by atoms with Gasteiger partial charge in [-0.3, -0.25) is 0 Å². The molecule has 0 saturated carbocycles. The van der Waals surface area contributed by atoms with Gasteiger partial charge >= 0.3 is 0 Å². The van der Waals surface area contributed by atoms with Crippen molar-refractivity contribution in [3.63, 3.8) is 0 Å². The first-order chi connectivity index (χ1) is 7.80. The van der Waals surface area contributed by atoms with Crippen molar-refractivity contribution in [2.45, 2.75) is 6.23 Å². The van der Waals surface area contributed by atoms with E-state index in [1.165, 1.54) is 7.11 Å². The molecule has 0 radical (unpaired) electrons. The summed E-state index contributed by atoms with van der Waals surface area (Å²) in [7, 11) is 1.43. The van der Waals surface area contributed by atoms with Gasteiger partial charge in [0.2, 0.25) is 0 Å². The summed E-state index contributed by atoms with van der Waals surface area (Å²) < 4.78 is 10.2. The van der Waals surface area contributed by atoms with Gasteiger partial charge in [0.05, 0.1) is 11.6 Å². The smallest absolute Gasteiger partial charge is 0.169 e. The predicted octanol–water partition coefficient (Wildman–Crippen LogP) is 2.22. The monoisotopic (exact) mass is 218 g/mol. The highest BCUT2D eigenvalue weighted by molar-refractivity contribution is 5.36. The molecule has 0 amide bonds. The Morgan fingerprint density at radius 3 is 3.06 bits per heavy atom. The van der Waals surface area contributed by atoms with Crippen LogP contribution in [0, 0.1) is 11.3 Å². The molecule has 0 aliphatic carbocycles. The largest absolute Gasteiger partial charge is 0.491 e. The molecule has 1 rings (SSSR count). The van der Waals surface area contributed by atoms with Gasteiger partial charge < -0.3 is 9.47 Å². The van der Waals surface area contributed by atoms with Gasteiger partial charge in [-0.2, -0.15) is 5.26 Å². The molecule has 16 heavy (non-hydrogen) atoms. The molecule has 6 heteroatoms. The Morgan fingerprint density at radius 1 is 1.62 bits per heavy atom. The van der Waals surface area contributed by atoms with Crippen LogP contribution in [0.1, 0.15) is 5.56 Å².